The summed E-state index contributed by atoms with van der Waals surface area (Å²) in [4.78, 5) is 5.08. The van der Waals surface area contributed by atoms with Gasteiger partial charge in [-0.1, -0.05) is 25.2 Å². The Balaban J connectivity index is 2.83. The van der Waals surface area contributed by atoms with Crippen molar-refractivity contribution in [2.45, 2.75) is 19.8 Å². The van der Waals surface area contributed by atoms with Crippen molar-refractivity contribution in [2.75, 3.05) is 7.05 Å². The highest BCUT2D eigenvalue weighted by molar-refractivity contribution is 7.80. The predicted molar refractivity (Wildman–Crippen MR) is 59.0 cm³/mol. The number of pyridine rings is 1. The highest BCUT2D eigenvalue weighted by Gasteiger charge is 2.09. The quantitative estimate of drug-likeness (QED) is 0.729. The van der Waals surface area contributed by atoms with E-state index < -0.39 is 0 Å². The fraction of sp³-hybridized carbons (Fsp3) is 0.400. The van der Waals surface area contributed by atoms with Crippen LogP contribution in [0.1, 0.15) is 24.1 Å². The van der Waals surface area contributed by atoms with Crippen LogP contribution in [0.3, 0.4) is 0 Å². The van der Waals surface area contributed by atoms with Crippen LogP contribution in [0.5, 0.6) is 0 Å². The number of thiocarbonyl (C=S) groups is 1. The van der Waals surface area contributed by atoms with Crippen LogP contribution in [-0.4, -0.2) is 17.0 Å². The molecule has 0 saturated carbocycles. The maximum Gasteiger partial charge on any atom is 0.0824 e. The number of likely N-dealkylation sites (N-methyl/N-ethyl adjacent to an activating group) is 1. The second kappa shape index (κ2) is 4.33. The van der Waals surface area contributed by atoms with E-state index in [1.54, 1.807) is 0 Å². The first-order chi connectivity index (χ1) is 6.15. The van der Waals surface area contributed by atoms with E-state index in [2.05, 4.69) is 23.3 Å². The van der Waals surface area contributed by atoms with E-state index in [9.17, 15) is 0 Å². The number of hydrogen-bond acceptors (Lipinski definition) is 2. The Bertz CT molecular complexity index is 292. The van der Waals surface area contributed by atoms with Gasteiger partial charge in [-0.15, -0.1) is 0 Å². The summed E-state index contributed by atoms with van der Waals surface area (Å²) in [6, 6.07) is 4.07. The Kier molecular flexibility index (Phi) is 3.37. The van der Waals surface area contributed by atoms with E-state index in [0.717, 1.165) is 16.2 Å². The van der Waals surface area contributed by atoms with E-state index >= 15 is 0 Å². The van der Waals surface area contributed by atoms with Gasteiger partial charge in [-0.25, -0.2) is 0 Å². The van der Waals surface area contributed by atoms with Gasteiger partial charge in [-0.05, 0) is 18.6 Å². The Morgan fingerprint density at radius 2 is 2.23 bits per heavy atom. The van der Waals surface area contributed by atoms with Crippen LogP contribution < -0.4 is 5.32 Å². The molecule has 0 radical (unpaired) electrons. The van der Waals surface area contributed by atoms with Gasteiger partial charge in [0.2, 0.25) is 0 Å². The molecule has 0 bridgehead atoms. The molecule has 1 aromatic heterocycles. The van der Waals surface area contributed by atoms with E-state index in [4.69, 9.17) is 12.2 Å². The molecule has 1 rings (SSSR count). The molecular formula is C10H14N2S. The van der Waals surface area contributed by atoms with Gasteiger partial charge in [-0.3, -0.25) is 4.98 Å². The fourth-order valence-corrected chi connectivity index (χ4v) is 1.24. The van der Waals surface area contributed by atoms with Crippen LogP contribution >= 0.6 is 12.2 Å². The maximum atomic E-state index is 5.15. The molecule has 13 heavy (non-hydrogen) atoms. The zero-order valence-electron chi connectivity index (χ0n) is 8.16. The van der Waals surface area contributed by atoms with Gasteiger partial charge >= 0.3 is 0 Å². The normalized spacial score (nSPS) is 12.2. The molecule has 1 aromatic rings. The second-order valence-electron chi connectivity index (χ2n) is 3.07. The van der Waals surface area contributed by atoms with Crippen molar-refractivity contribution in [2.24, 2.45) is 0 Å². The van der Waals surface area contributed by atoms with Crippen molar-refractivity contribution in [1.82, 2.24) is 10.3 Å². The molecule has 0 aliphatic rings. The minimum absolute atomic E-state index is 0.244. The van der Waals surface area contributed by atoms with Crippen LogP contribution in [-0.2, 0) is 0 Å². The molecule has 0 aromatic carbocycles. The molecule has 3 heteroatoms. The molecule has 0 saturated heterocycles. The van der Waals surface area contributed by atoms with Crippen molar-refractivity contribution in [3.8, 4) is 0 Å². The summed E-state index contributed by atoms with van der Waals surface area (Å²) in [5, 5.41) is 2.98. The SMILES string of the molecule is CNC(=S)C(C)c1ccc(C)nc1. The number of aryl methyl sites for hydroxylation is 1. The van der Waals surface area contributed by atoms with Gasteiger partial charge in [0.1, 0.15) is 0 Å². The molecule has 0 aliphatic carbocycles. The van der Waals surface area contributed by atoms with Gasteiger partial charge in [0.15, 0.2) is 0 Å². The van der Waals surface area contributed by atoms with Gasteiger partial charge in [0.25, 0.3) is 0 Å². The summed E-state index contributed by atoms with van der Waals surface area (Å²) >= 11 is 5.15. The lowest BCUT2D eigenvalue weighted by molar-refractivity contribution is 0.957. The monoisotopic (exact) mass is 194 g/mol. The molecular weight excluding hydrogens is 180 g/mol. The lowest BCUT2D eigenvalue weighted by Gasteiger charge is -2.12. The van der Waals surface area contributed by atoms with Crippen molar-refractivity contribution < 1.29 is 0 Å². The summed E-state index contributed by atoms with van der Waals surface area (Å²) in [7, 11) is 1.85. The molecule has 0 fully saturated rings. The van der Waals surface area contributed by atoms with E-state index in [1.807, 2.05) is 26.2 Å². The van der Waals surface area contributed by atoms with Gasteiger partial charge in [0.05, 0.1) is 4.99 Å². The average Bonchev–Trinajstić information content (AvgIpc) is 2.17. The Hall–Kier alpha value is -0.960. The number of hydrogen-bond donors (Lipinski definition) is 1. The van der Waals surface area contributed by atoms with Crippen LogP contribution in [0.2, 0.25) is 0 Å². The largest absolute Gasteiger partial charge is 0.382 e. The zero-order chi connectivity index (χ0) is 9.84. The van der Waals surface area contributed by atoms with Crippen molar-refractivity contribution in [3.63, 3.8) is 0 Å². The Morgan fingerprint density at radius 3 is 2.69 bits per heavy atom. The molecule has 0 spiro atoms. The average molecular weight is 194 g/mol. The first-order valence-corrected chi connectivity index (χ1v) is 4.70. The standard InChI is InChI=1S/C10H14N2S/c1-7-4-5-9(6-12-7)8(2)10(13)11-3/h4-6,8H,1-3H3,(H,11,13). The van der Waals surface area contributed by atoms with Gasteiger partial charge < -0.3 is 5.32 Å². The van der Waals surface area contributed by atoms with Crippen LogP contribution in [0.25, 0.3) is 0 Å². The second-order valence-corrected chi connectivity index (χ2v) is 3.51. The molecule has 1 N–H and O–H groups in total. The van der Waals surface area contributed by atoms with Gasteiger partial charge in [-0.2, -0.15) is 0 Å². The number of aromatic nitrogens is 1. The summed E-state index contributed by atoms with van der Waals surface area (Å²) < 4.78 is 0. The third-order valence-electron chi connectivity index (χ3n) is 2.07. The molecule has 2 nitrogen and oxygen atoms in total. The van der Waals surface area contributed by atoms with Crippen LogP contribution in [0, 0.1) is 6.92 Å². The Labute approximate surface area is 84.4 Å². The van der Waals surface area contributed by atoms with E-state index in [1.165, 1.54) is 0 Å². The van der Waals surface area contributed by atoms with Gasteiger partial charge in [0, 0.05) is 24.9 Å². The zero-order valence-corrected chi connectivity index (χ0v) is 8.98. The van der Waals surface area contributed by atoms with Crippen LogP contribution in [0.15, 0.2) is 18.3 Å². The summed E-state index contributed by atoms with van der Waals surface area (Å²) in [5.74, 6) is 0.244. The first-order valence-electron chi connectivity index (χ1n) is 4.29. The fourth-order valence-electron chi connectivity index (χ4n) is 1.10. The lowest BCUT2D eigenvalue weighted by atomic mass is 10.0. The highest BCUT2D eigenvalue weighted by atomic mass is 32.1. The first kappa shape index (κ1) is 10.1. The van der Waals surface area contributed by atoms with Crippen LogP contribution in [0.4, 0.5) is 0 Å². The molecule has 1 unspecified atom stereocenters. The summed E-state index contributed by atoms with van der Waals surface area (Å²) in [6.45, 7) is 4.05. The molecule has 70 valence electrons. The predicted octanol–water partition coefficient (Wildman–Crippen LogP) is 2.04. The van der Waals surface area contributed by atoms with Crippen molar-refractivity contribution >= 4 is 17.2 Å². The number of nitrogens with zero attached hydrogens (tertiary/aromatic N) is 1. The summed E-state index contributed by atoms with van der Waals surface area (Å²) in [6.07, 6.45) is 1.88. The number of rotatable bonds is 2. The van der Waals surface area contributed by atoms with E-state index in [-0.39, 0.29) is 5.92 Å². The van der Waals surface area contributed by atoms with Crippen molar-refractivity contribution in [3.05, 3.63) is 29.6 Å². The van der Waals surface area contributed by atoms with E-state index in [0.29, 0.717) is 0 Å². The lowest BCUT2D eigenvalue weighted by Crippen LogP contribution is -2.21. The van der Waals surface area contributed by atoms with Crippen molar-refractivity contribution in [1.29, 1.82) is 0 Å². The molecule has 0 aliphatic heterocycles. The smallest absolute Gasteiger partial charge is 0.0824 e. The highest BCUT2D eigenvalue weighted by Crippen LogP contribution is 2.14. The minimum Gasteiger partial charge on any atom is -0.382 e. The molecule has 0 amide bonds. The number of nitrogens with one attached hydrogen (secondary N) is 1. The summed E-state index contributed by atoms with van der Waals surface area (Å²) in [5.41, 5.74) is 2.19. The molecule has 1 atom stereocenters. The Morgan fingerprint density at radius 1 is 1.54 bits per heavy atom. The third-order valence-corrected chi connectivity index (χ3v) is 2.63. The third kappa shape index (κ3) is 2.49. The topological polar surface area (TPSA) is 24.9 Å². The molecule has 1 heterocycles. The minimum atomic E-state index is 0.244. The maximum absolute atomic E-state index is 5.15.